The minimum Gasteiger partial charge on any atom is -0.496 e. The Morgan fingerprint density at radius 2 is 1.94 bits per heavy atom. The summed E-state index contributed by atoms with van der Waals surface area (Å²) < 4.78 is 10.7. The van der Waals surface area contributed by atoms with Crippen LogP contribution in [0.15, 0.2) is 6.07 Å². The molecular weight excluding hydrogens is 232 g/mol. The smallest absolute Gasteiger partial charge is 0.234 e. The number of carbonyl (C=O) groups excluding carboxylic acids is 1. The van der Waals surface area contributed by atoms with Gasteiger partial charge < -0.3 is 9.47 Å². The molecule has 0 aliphatic heterocycles. The van der Waals surface area contributed by atoms with Gasteiger partial charge in [-0.25, -0.2) is 5.84 Å². The Kier molecular flexibility index (Phi) is 4.97. The number of nitrogens with two attached hydrogens (primary N) is 1. The van der Waals surface area contributed by atoms with E-state index in [4.69, 9.17) is 15.3 Å². The average molecular weight is 252 g/mol. The Balaban J connectivity index is 3.09. The fourth-order valence-electron chi connectivity index (χ4n) is 1.93. The molecule has 0 bridgehead atoms. The molecule has 0 aliphatic carbocycles. The molecule has 0 saturated heterocycles. The van der Waals surface area contributed by atoms with Gasteiger partial charge >= 0.3 is 0 Å². The van der Waals surface area contributed by atoms with Crippen molar-refractivity contribution in [3.8, 4) is 11.5 Å². The van der Waals surface area contributed by atoms with E-state index in [0.717, 1.165) is 28.2 Å². The molecular formula is C13H20N2O3. The molecule has 3 N–H and O–H groups in total. The number of hydrogen-bond donors (Lipinski definition) is 2. The fraction of sp³-hybridized carbons (Fsp3) is 0.462. The molecule has 1 aromatic rings. The number of hydrogen-bond acceptors (Lipinski definition) is 4. The van der Waals surface area contributed by atoms with Crippen LogP contribution in [0, 0.1) is 13.8 Å². The zero-order valence-corrected chi connectivity index (χ0v) is 11.3. The Morgan fingerprint density at radius 1 is 1.28 bits per heavy atom. The molecule has 1 amide bonds. The average Bonchev–Trinajstić information content (AvgIpc) is 2.39. The standard InChI is InChI=1S/C13H20N2O3/c1-8-9(2)13(18-4)10(7-11(8)17-3)5-6-12(16)15-14/h7H,5-6,14H2,1-4H3,(H,15,16). The van der Waals surface area contributed by atoms with E-state index in [9.17, 15) is 4.79 Å². The lowest BCUT2D eigenvalue weighted by molar-refractivity contribution is -0.121. The topological polar surface area (TPSA) is 73.6 Å². The Bertz CT molecular complexity index is 444. The second-order valence-corrected chi connectivity index (χ2v) is 4.09. The monoisotopic (exact) mass is 252 g/mol. The summed E-state index contributed by atoms with van der Waals surface area (Å²) in [6.07, 6.45) is 0.877. The van der Waals surface area contributed by atoms with E-state index in [2.05, 4.69) is 5.43 Å². The maximum Gasteiger partial charge on any atom is 0.234 e. The van der Waals surface area contributed by atoms with Crippen LogP contribution in [0.3, 0.4) is 0 Å². The number of carbonyl (C=O) groups is 1. The molecule has 1 aromatic carbocycles. The van der Waals surface area contributed by atoms with Gasteiger partial charge in [0.15, 0.2) is 0 Å². The maximum atomic E-state index is 11.2. The van der Waals surface area contributed by atoms with E-state index in [1.165, 1.54) is 0 Å². The van der Waals surface area contributed by atoms with E-state index in [-0.39, 0.29) is 5.91 Å². The van der Waals surface area contributed by atoms with Crippen molar-refractivity contribution in [2.75, 3.05) is 14.2 Å². The van der Waals surface area contributed by atoms with Crippen molar-refractivity contribution in [1.29, 1.82) is 0 Å². The van der Waals surface area contributed by atoms with Gasteiger partial charge in [0.1, 0.15) is 11.5 Å². The first-order valence-corrected chi connectivity index (χ1v) is 5.75. The van der Waals surface area contributed by atoms with Gasteiger partial charge in [-0.15, -0.1) is 0 Å². The second-order valence-electron chi connectivity index (χ2n) is 4.09. The molecule has 0 spiro atoms. The zero-order chi connectivity index (χ0) is 13.7. The summed E-state index contributed by atoms with van der Waals surface area (Å²) in [5.74, 6) is 6.47. The van der Waals surface area contributed by atoms with E-state index in [1.807, 2.05) is 19.9 Å². The highest BCUT2D eigenvalue weighted by molar-refractivity contribution is 5.75. The number of benzene rings is 1. The van der Waals surface area contributed by atoms with Crippen molar-refractivity contribution >= 4 is 5.91 Å². The first-order valence-electron chi connectivity index (χ1n) is 5.75. The number of methoxy groups -OCH3 is 2. The van der Waals surface area contributed by atoms with E-state index >= 15 is 0 Å². The van der Waals surface area contributed by atoms with Gasteiger partial charge in [0.2, 0.25) is 5.91 Å². The quantitative estimate of drug-likeness (QED) is 0.470. The highest BCUT2D eigenvalue weighted by Crippen LogP contribution is 2.33. The zero-order valence-electron chi connectivity index (χ0n) is 11.3. The van der Waals surface area contributed by atoms with E-state index in [0.29, 0.717) is 12.8 Å². The summed E-state index contributed by atoms with van der Waals surface area (Å²) in [6.45, 7) is 3.95. The minimum atomic E-state index is -0.200. The molecule has 100 valence electrons. The predicted octanol–water partition coefficient (Wildman–Crippen LogP) is 1.24. The first-order chi connectivity index (χ1) is 8.54. The number of amides is 1. The molecule has 0 unspecified atom stereocenters. The van der Waals surface area contributed by atoms with Crippen LogP contribution in [-0.2, 0) is 11.2 Å². The SMILES string of the molecule is COc1cc(CCC(=O)NN)c(OC)c(C)c1C. The number of ether oxygens (including phenoxy) is 2. The summed E-state index contributed by atoms with van der Waals surface area (Å²) in [7, 11) is 3.26. The van der Waals surface area contributed by atoms with Crippen LogP contribution in [0.5, 0.6) is 11.5 Å². The van der Waals surface area contributed by atoms with Gasteiger partial charge in [0.05, 0.1) is 14.2 Å². The van der Waals surface area contributed by atoms with Crippen molar-refractivity contribution in [3.05, 3.63) is 22.8 Å². The van der Waals surface area contributed by atoms with E-state index < -0.39 is 0 Å². The lowest BCUT2D eigenvalue weighted by Gasteiger charge is -2.16. The molecule has 0 aromatic heterocycles. The van der Waals surface area contributed by atoms with Gasteiger partial charge in [-0.2, -0.15) is 0 Å². The predicted molar refractivity (Wildman–Crippen MR) is 69.7 cm³/mol. The normalized spacial score (nSPS) is 10.1. The van der Waals surface area contributed by atoms with Crippen LogP contribution in [0.1, 0.15) is 23.1 Å². The number of hydrazine groups is 1. The molecule has 5 nitrogen and oxygen atoms in total. The molecule has 18 heavy (non-hydrogen) atoms. The highest BCUT2D eigenvalue weighted by Gasteiger charge is 2.14. The van der Waals surface area contributed by atoms with Gasteiger partial charge in [0, 0.05) is 6.42 Å². The van der Waals surface area contributed by atoms with E-state index in [1.54, 1.807) is 14.2 Å². The first kappa shape index (κ1) is 14.3. The van der Waals surface area contributed by atoms with Gasteiger partial charge in [-0.1, -0.05) is 0 Å². The largest absolute Gasteiger partial charge is 0.496 e. The molecule has 5 heteroatoms. The van der Waals surface area contributed by atoms with Crippen LogP contribution in [0.25, 0.3) is 0 Å². The summed E-state index contributed by atoms with van der Waals surface area (Å²) >= 11 is 0. The van der Waals surface area contributed by atoms with Crippen LogP contribution < -0.4 is 20.7 Å². The van der Waals surface area contributed by atoms with Crippen molar-refractivity contribution in [2.45, 2.75) is 26.7 Å². The number of aryl methyl sites for hydroxylation is 1. The highest BCUT2D eigenvalue weighted by atomic mass is 16.5. The Hall–Kier alpha value is -1.75. The van der Waals surface area contributed by atoms with Crippen LogP contribution >= 0.6 is 0 Å². The van der Waals surface area contributed by atoms with Crippen LogP contribution in [0.2, 0.25) is 0 Å². The number of nitrogens with one attached hydrogen (secondary N) is 1. The summed E-state index contributed by atoms with van der Waals surface area (Å²) in [5.41, 5.74) is 5.13. The third kappa shape index (κ3) is 2.92. The third-order valence-corrected chi connectivity index (χ3v) is 3.08. The van der Waals surface area contributed by atoms with Crippen molar-refractivity contribution in [3.63, 3.8) is 0 Å². The fourth-order valence-corrected chi connectivity index (χ4v) is 1.93. The Morgan fingerprint density at radius 3 is 2.44 bits per heavy atom. The maximum absolute atomic E-state index is 11.2. The summed E-state index contributed by atoms with van der Waals surface area (Å²) in [6, 6.07) is 1.91. The lowest BCUT2D eigenvalue weighted by atomic mass is 9.99. The molecule has 0 heterocycles. The molecule has 0 saturated carbocycles. The van der Waals surface area contributed by atoms with Crippen LogP contribution in [-0.4, -0.2) is 20.1 Å². The van der Waals surface area contributed by atoms with Crippen molar-refractivity contribution in [2.24, 2.45) is 5.84 Å². The molecule has 0 aliphatic rings. The second kappa shape index (κ2) is 6.26. The lowest BCUT2D eigenvalue weighted by Crippen LogP contribution is -2.30. The van der Waals surface area contributed by atoms with Gasteiger partial charge in [-0.05, 0) is 43.0 Å². The third-order valence-electron chi connectivity index (χ3n) is 3.08. The summed E-state index contributed by atoms with van der Waals surface area (Å²) in [5, 5.41) is 0. The molecule has 0 fully saturated rings. The van der Waals surface area contributed by atoms with Gasteiger partial charge in [0.25, 0.3) is 0 Å². The number of rotatable bonds is 5. The van der Waals surface area contributed by atoms with Gasteiger partial charge in [-0.3, -0.25) is 10.2 Å². The molecule has 1 rings (SSSR count). The summed E-state index contributed by atoms with van der Waals surface area (Å²) in [4.78, 5) is 11.2. The minimum absolute atomic E-state index is 0.200. The van der Waals surface area contributed by atoms with Crippen molar-refractivity contribution < 1.29 is 14.3 Å². The van der Waals surface area contributed by atoms with Crippen LogP contribution in [0.4, 0.5) is 0 Å². The Labute approximate surface area is 107 Å². The van der Waals surface area contributed by atoms with Crippen molar-refractivity contribution in [1.82, 2.24) is 5.43 Å². The molecule has 0 atom stereocenters. The molecule has 0 radical (unpaired) electrons.